The number of benzene rings is 2. The molecule has 0 fully saturated rings. The summed E-state index contributed by atoms with van der Waals surface area (Å²) in [4.78, 5) is 0. The normalized spacial score (nSPS) is 9.74. The SMILES string of the molecule is CN.CSC(C)(C)C.N#Cc1ccc(CNc2ccc(NN)cc2Br)cc1. The van der Waals surface area contributed by atoms with Crippen LogP contribution in [-0.2, 0) is 6.54 Å². The first-order valence-corrected chi connectivity index (χ1v) is 10.4. The smallest absolute Gasteiger partial charge is 0.0991 e. The second-order valence-corrected chi connectivity index (χ2v) is 8.81. The molecule has 2 rings (SSSR count). The third-order valence-electron chi connectivity index (χ3n) is 3.31. The van der Waals surface area contributed by atoms with Crippen LogP contribution in [0.3, 0.4) is 0 Å². The zero-order valence-electron chi connectivity index (χ0n) is 16.6. The Hall–Kier alpha value is -1.72. The summed E-state index contributed by atoms with van der Waals surface area (Å²) in [6.07, 6.45) is 2.12. The molecule has 0 spiro atoms. The van der Waals surface area contributed by atoms with E-state index in [0.717, 1.165) is 21.4 Å². The summed E-state index contributed by atoms with van der Waals surface area (Å²) < 4.78 is 1.40. The predicted molar refractivity (Wildman–Crippen MR) is 124 cm³/mol. The van der Waals surface area contributed by atoms with E-state index in [1.165, 1.54) is 7.05 Å². The quantitative estimate of drug-likeness (QED) is 0.387. The van der Waals surface area contributed by atoms with Gasteiger partial charge in [0.1, 0.15) is 0 Å². The van der Waals surface area contributed by atoms with E-state index in [2.05, 4.69) is 65.5 Å². The van der Waals surface area contributed by atoms with Crippen LogP contribution in [0.1, 0.15) is 31.9 Å². The molecule has 0 aliphatic carbocycles. The first-order chi connectivity index (χ1) is 12.8. The average molecular weight is 452 g/mol. The maximum absolute atomic E-state index is 8.73. The highest BCUT2D eigenvalue weighted by Gasteiger charge is 2.04. The highest BCUT2D eigenvalue weighted by molar-refractivity contribution is 9.10. The van der Waals surface area contributed by atoms with Crippen LogP contribution < -0.4 is 22.3 Å². The number of nitrogens with zero attached hydrogens (tertiary/aromatic N) is 1. The molecule has 5 nitrogen and oxygen atoms in total. The summed E-state index contributed by atoms with van der Waals surface area (Å²) in [7, 11) is 1.50. The van der Waals surface area contributed by atoms with E-state index in [1.807, 2.05) is 54.2 Å². The molecule has 6 N–H and O–H groups in total. The topological polar surface area (TPSA) is 99.9 Å². The summed E-state index contributed by atoms with van der Waals surface area (Å²) in [5.41, 5.74) is 10.7. The number of nitrogen functional groups attached to an aromatic ring is 1. The lowest BCUT2D eigenvalue weighted by molar-refractivity contribution is 0.806. The number of rotatable bonds is 4. The molecule has 0 saturated heterocycles. The fourth-order valence-corrected chi connectivity index (χ4v) is 2.16. The van der Waals surface area contributed by atoms with Crippen molar-refractivity contribution < 1.29 is 0 Å². The third kappa shape index (κ3) is 10.9. The van der Waals surface area contributed by atoms with Gasteiger partial charge < -0.3 is 16.5 Å². The molecule has 148 valence electrons. The summed E-state index contributed by atoms with van der Waals surface area (Å²) in [6.45, 7) is 7.31. The second kappa shape index (κ2) is 13.4. The molecule has 0 unspecified atom stereocenters. The molecule has 0 bridgehead atoms. The zero-order chi connectivity index (χ0) is 20.9. The Kier molecular flexibility index (Phi) is 12.6. The highest BCUT2D eigenvalue weighted by Crippen LogP contribution is 2.26. The van der Waals surface area contributed by atoms with Crippen LogP contribution in [0.15, 0.2) is 46.9 Å². The average Bonchev–Trinajstić information content (AvgIpc) is 2.69. The fraction of sp³-hybridized carbons (Fsp3) is 0.350. The number of hydrogen-bond donors (Lipinski definition) is 4. The van der Waals surface area contributed by atoms with Crippen LogP contribution in [0.5, 0.6) is 0 Å². The Morgan fingerprint density at radius 2 is 1.67 bits per heavy atom. The molecule has 7 heteroatoms. The molecule has 0 amide bonds. The summed E-state index contributed by atoms with van der Waals surface area (Å²) >= 11 is 5.37. The molecule has 0 heterocycles. The van der Waals surface area contributed by atoms with E-state index in [0.29, 0.717) is 16.9 Å². The minimum Gasteiger partial charge on any atom is -0.380 e. The summed E-state index contributed by atoms with van der Waals surface area (Å²) in [5.74, 6) is 5.34. The first kappa shape index (κ1) is 25.3. The second-order valence-electron chi connectivity index (χ2n) is 6.32. The Labute approximate surface area is 176 Å². The largest absolute Gasteiger partial charge is 0.380 e. The van der Waals surface area contributed by atoms with Gasteiger partial charge in [0.2, 0.25) is 0 Å². The maximum Gasteiger partial charge on any atom is 0.0991 e. The van der Waals surface area contributed by atoms with Gasteiger partial charge in [0.05, 0.1) is 11.6 Å². The Morgan fingerprint density at radius 1 is 1.11 bits per heavy atom. The number of nitrogens with one attached hydrogen (secondary N) is 2. The minimum atomic E-state index is 0.458. The van der Waals surface area contributed by atoms with Crippen LogP contribution in [0.4, 0.5) is 11.4 Å². The molecule has 0 atom stereocenters. The Morgan fingerprint density at radius 3 is 2.07 bits per heavy atom. The minimum absolute atomic E-state index is 0.458. The number of halogens is 1. The van der Waals surface area contributed by atoms with Gasteiger partial charge >= 0.3 is 0 Å². The van der Waals surface area contributed by atoms with Gasteiger partial charge in [0.25, 0.3) is 0 Å². The van der Waals surface area contributed by atoms with E-state index in [4.69, 9.17) is 11.1 Å². The van der Waals surface area contributed by atoms with Gasteiger partial charge in [-0.1, -0.05) is 32.9 Å². The van der Waals surface area contributed by atoms with Crippen molar-refractivity contribution in [3.05, 3.63) is 58.1 Å². The van der Waals surface area contributed by atoms with Crippen LogP contribution in [0.25, 0.3) is 0 Å². The van der Waals surface area contributed by atoms with Crippen molar-refractivity contribution in [1.82, 2.24) is 0 Å². The van der Waals surface area contributed by atoms with Gasteiger partial charge in [0.15, 0.2) is 0 Å². The molecular weight excluding hydrogens is 422 g/mol. The summed E-state index contributed by atoms with van der Waals surface area (Å²) in [5, 5.41) is 12.1. The van der Waals surface area contributed by atoms with Crippen LogP contribution in [0.2, 0.25) is 0 Å². The van der Waals surface area contributed by atoms with E-state index in [1.54, 1.807) is 0 Å². The fourth-order valence-electron chi connectivity index (χ4n) is 1.64. The van der Waals surface area contributed by atoms with Crippen LogP contribution in [-0.4, -0.2) is 18.1 Å². The van der Waals surface area contributed by atoms with Gasteiger partial charge in [-0.15, -0.1) is 0 Å². The van der Waals surface area contributed by atoms with Crippen molar-refractivity contribution in [3.63, 3.8) is 0 Å². The highest BCUT2D eigenvalue weighted by atomic mass is 79.9. The monoisotopic (exact) mass is 451 g/mol. The molecule has 0 aliphatic rings. The van der Waals surface area contributed by atoms with Crippen molar-refractivity contribution >= 4 is 39.1 Å². The van der Waals surface area contributed by atoms with Gasteiger partial charge in [-0.2, -0.15) is 17.0 Å². The molecule has 0 radical (unpaired) electrons. The van der Waals surface area contributed by atoms with Gasteiger partial charge in [-0.25, -0.2) is 0 Å². The van der Waals surface area contributed by atoms with Crippen molar-refractivity contribution in [2.24, 2.45) is 11.6 Å². The van der Waals surface area contributed by atoms with Gasteiger partial charge in [-0.05, 0) is 65.1 Å². The lowest BCUT2D eigenvalue weighted by atomic mass is 10.1. The van der Waals surface area contributed by atoms with Crippen molar-refractivity contribution in [1.29, 1.82) is 5.26 Å². The van der Waals surface area contributed by atoms with Crippen LogP contribution >= 0.6 is 27.7 Å². The molecule has 0 aromatic heterocycles. The number of anilines is 2. The van der Waals surface area contributed by atoms with Gasteiger partial charge in [-0.3, -0.25) is 5.84 Å². The Balaban J connectivity index is 0.000000722. The summed E-state index contributed by atoms with van der Waals surface area (Å²) in [6, 6.07) is 15.4. The van der Waals surface area contributed by atoms with E-state index in [9.17, 15) is 0 Å². The van der Waals surface area contributed by atoms with Crippen molar-refractivity contribution in [3.8, 4) is 6.07 Å². The number of nitriles is 1. The van der Waals surface area contributed by atoms with E-state index < -0.39 is 0 Å². The number of hydrogen-bond acceptors (Lipinski definition) is 6. The lowest BCUT2D eigenvalue weighted by Crippen LogP contribution is -2.07. The first-order valence-electron chi connectivity index (χ1n) is 8.41. The predicted octanol–water partition coefficient (Wildman–Crippen LogP) is 4.94. The number of hydrazine groups is 1. The molecular formula is C20H30BrN5S. The molecule has 0 saturated carbocycles. The van der Waals surface area contributed by atoms with E-state index in [-0.39, 0.29) is 0 Å². The third-order valence-corrected chi connectivity index (χ3v) is 5.19. The number of thioether (sulfide) groups is 1. The Bertz CT molecular complexity index is 706. The lowest BCUT2D eigenvalue weighted by Gasteiger charge is -2.12. The molecule has 0 aliphatic heterocycles. The van der Waals surface area contributed by atoms with Crippen molar-refractivity contribution in [2.45, 2.75) is 32.1 Å². The molecule has 27 heavy (non-hydrogen) atoms. The maximum atomic E-state index is 8.73. The molecule has 2 aromatic carbocycles. The van der Waals surface area contributed by atoms with Gasteiger partial charge in [0, 0.05) is 27.1 Å². The standard InChI is InChI=1S/C14H13BrN4.C5H12S.CH5N/c15-13-7-12(19-17)5-6-14(13)18-9-11-3-1-10(8-16)2-4-11;1-5(2,3)6-4;1-2/h1-7,18-19H,9,17H2;1-4H3;2H2,1H3. The zero-order valence-corrected chi connectivity index (χ0v) is 19.0. The van der Waals surface area contributed by atoms with Crippen molar-refractivity contribution in [2.75, 3.05) is 24.0 Å². The van der Waals surface area contributed by atoms with Crippen LogP contribution in [0, 0.1) is 11.3 Å². The molecule has 2 aromatic rings. The number of nitrogens with two attached hydrogens (primary N) is 2. The van der Waals surface area contributed by atoms with E-state index >= 15 is 0 Å².